The van der Waals surface area contributed by atoms with Crippen molar-refractivity contribution >= 4 is 0 Å². The summed E-state index contributed by atoms with van der Waals surface area (Å²) in [4.78, 5) is 18.5. The van der Waals surface area contributed by atoms with Crippen molar-refractivity contribution in [2.75, 3.05) is 0 Å². The van der Waals surface area contributed by atoms with E-state index in [0.717, 1.165) is 66.6 Å². The standard InChI is InChI=1S/C29H37N7O/c1-4-7-12-25-20-36(26-13-9-15-29(26,5-2)6-3)28(37)35(25)19-24-18-22(14-16-30-24)21-10-8-11-23(17-21)27-31-33-34-32-27/h8,10-11,14,16-18,20,26H,4-7,9,12-13,15,19H2,1-3H3,(H,31,32,33,34). The second kappa shape index (κ2) is 10.8. The van der Waals surface area contributed by atoms with Crippen molar-refractivity contribution in [3.05, 3.63) is 70.7 Å². The van der Waals surface area contributed by atoms with Crippen LogP contribution >= 0.6 is 0 Å². The first-order chi connectivity index (χ1) is 18.1. The summed E-state index contributed by atoms with van der Waals surface area (Å²) in [5.41, 5.74) is 5.35. The van der Waals surface area contributed by atoms with Crippen LogP contribution in [-0.4, -0.2) is 34.7 Å². The molecule has 5 rings (SSSR count). The van der Waals surface area contributed by atoms with E-state index >= 15 is 0 Å². The number of benzene rings is 1. The Morgan fingerprint density at radius 1 is 1.08 bits per heavy atom. The topological polar surface area (TPSA) is 94.3 Å². The average Bonchev–Trinajstić information content (AvgIpc) is 3.68. The van der Waals surface area contributed by atoms with Crippen LogP contribution in [0.3, 0.4) is 0 Å². The number of nitrogens with zero attached hydrogens (tertiary/aromatic N) is 6. The van der Waals surface area contributed by atoms with E-state index < -0.39 is 0 Å². The van der Waals surface area contributed by atoms with E-state index in [1.54, 1.807) is 0 Å². The lowest BCUT2D eigenvalue weighted by Crippen LogP contribution is -2.34. The lowest BCUT2D eigenvalue weighted by molar-refractivity contribution is 0.181. The Kier molecular flexibility index (Phi) is 7.35. The second-order valence-electron chi connectivity index (χ2n) is 10.3. The monoisotopic (exact) mass is 499 g/mol. The van der Waals surface area contributed by atoms with Gasteiger partial charge in [-0.2, -0.15) is 0 Å². The molecule has 1 atom stereocenters. The van der Waals surface area contributed by atoms with Crippen LogP contribution in [0.15, 0.2) is 53.6 Å². The largest absolute Gasteiger partial charge is 0.328 e. The molecule has 194 valence electrons. The average molecular weight is 500 g/mol. The minimum absolute atomic E-state index is 0.108. The first-order valence-corrected chi connectivity index (χ1v) is 13.7. The van der Waals surface area contributed by atoms with Crippen LogP contribution in [0.4, 0.5) is 0 Å². The van der Waals surface area contributed by atoms with Crippen molar-refractivity contribution in [3.63, 3.8) is 0 Å². The first kappa shape index (κ1) is 25.1. The maximum absolute atomic E-state index is 13.9. The van der Waals surface area contributed by atoms with Crippen LogP contribution < -0.4 is 5.69 Å². The van der Waals surface area contributed by atoms with Crippen LogP contribution in [0.25, 0.3) is 22.5 Å². The molecule has 1 unspecified atom stereocenters. The highest BCUT2D eigenvalue weighted by Gasteiger charge is 2.42. The lowest BCUT2D eigenvalue weighted by Gasteiger charge is -2.34. The summed E-state index contributed by atoms with van der Waals surface area (Å²) in [5.74, 6) is 0.631. The maximum Gasteiger partial charge on any atom is 0.328 e. The zero-order chi connectivity index (χ0) is 25.8. The predicted molar refractivity (Wildman–Crippen MR) is 145 cm³/mol. The second-order valence-corrected chi connectivity index (χ2v) is 10.3. The number of pyridine rings is 1. The van der Waals surface area contributed by atoms with Crippen molar-refractivity contribution in [2.24, 2.45) is 5.41 Å². The van der Waals surface area contributed by atoms with E-state index in [1.807, 2.05) is 29.0 Å². The smallest absolute Gasteiger partial charge is 0.295 e. The molecule has 1 saturated carbocycles. The molecule has 0 aliphatic heterocycles. The van der Waals surface area contributed by atoms with Crippen LogP contribution in [-0.2, 0) is 13.0 Å². The molecule has 8 heteroatoms. The van der Waals surface area contributed by atoms with E-state index in [2.05, 4.69) is 75.3 Å². The Bertz CT molecular complexity index is 1380. The third-order valence-electron chi connectivity index (χ3n) is 8.43. The van der Waals surface area contributed by atoms with Gasteiger partial charge in [-0.1, -0.05) is 51.8 Å². The number of aromatic amines is 1. The molecule has 3 aromatic heterocycles. The molecular formula is C29H37N7O. The van der Waals surface area contributed by atoms with Gasteiger partial charge in [-0.3, -0.25) is 14.1 Å². The normalized spacial score (nSPS) is 16.9. The summed E-state index contributed by atoms with van der Waals surface area (Å²) in [6.07, 6.45) is 12.8. The quantitative estimate of drug-likeness (QED) is 0.297. The fourth-order valence-corrected chi connectivity index (χ4v) is 6.16. The van der Waals surface area contributed by atoms with Gasteiger partial charge in [0.15, 0.2) is 5.82 Å². The molecule has 4 aromatic rings. The molecule has 1 aliphatic rings. The summed E-state index contributed by atoms with van der Waals surface area (Å²) < 4.78 is 4.04. The highest BCUT2D eigenvalue weighted by Crippen LogP contribution is 2.50. The number of hydrogen-bond acceptors (Lipinski definition) is 5. The van der Waals surface area contributed by atoms with Gasteiger partial charge in [0, 0.05) is 29.7 Å². The van der Waals surface area contributed by atoms with E-state index in [1.165, 1.54) is 12.8 Å². The van der Waals surface area contributed by atoms with Crippen molar-refractivity contribution < 1.29 is 0 Å². The van der Waals surface area contributed by atoms with E-state index in [0.29, 0.717) is 12.4 Å². The zero-order valence-electron chi connectivity index (χ0n) is 22.2. The Hall–Kier alpha value is -3.55. The number of imidazole rings is 1. The first-order valence-electron chi connectivity index (χ1n) is 13.7. The van der Waals surface area contributed by atoms with Gasteiger partial charge in [-0.15, -0.1) is 5.10 Å². The number of rotatable bonds is 10. The summed E-state index contributed by atoms with van der Waals surface area (Å²) in [6.45, 7) is 7.24. The SMILES string of the molecule is CCCCc1cn(C2CCCC2(CC)CC)c(=O)n1Cc1cc(-c2cccc(-c3nnn[nH]3)c2)ccn1. The third-order valence-corrected chi connectivity index (χ3v) is 8.43. The Labute approximate surface area is 218 Å². The van der Waals surface area contributed by atoms with Gasteiger partial charge < -0.3 is 0 Å². The maximum atomic E-state index is 13.9. The summed E-state index contributed by atoms with van der Waals surface area (Å²) in [7, 11) is 0. The molecule has 1 fully saturated rings. The predicted octanol–water partition coefficient (Wildman–Crippen LogP) is 5.81. The summed E-state index contributed by atoms with van der Waals surface area (Å²) >= 11 is 0. The van der Waals surface area contributed by atoms with Gasteiger partial charge >= 0.3 is 5.69 Å². The van der Waals surface area contributed by atoms with Crippen molar-refractivity contribution in [2.45, 2.75) is 84.7 Å². The van der Waals surface area contributed by atoms with Gasteiger partial charge in [0.25, 0.3) is 0 Å². The fraction of sp³-hybridized carbons (Fsp3) is 0.483. The Balaban J connectivity index is 1.48. The van der Waals surface area contributed by atoms with Gasteiger partial charge in [0.05, 0.1) is 12.2 Å². The third kappa shape index (κ3) is 4.89. The molecule has 37 heavy (non-hydrogen) atoms. The van der Waals surface area contributed by atoms with Crippen molar-refractivity contribution in [1.82, 2.24) is 34.7 Å². The molecule has 1 aromatic carbocycles. The number of aromatic nitrogens is 7. The molecule has 8 nitrogen and oxygen atoms in total. The van der Waals surface area contributed by atoms with Crippen LogP contribution in [0.1, 0.15) is 83.1 Å². The Morgan fingerprint density at radius 3 is 2.65 bits per heavy atom. The number of nitrogens with one attached hydrogen (secondary N) is 1. The van der Waals surface area contributed by atoms with Crippen molar-refractivity contribution in [1.29, 1.82) is 0 Å². The van der Waals surface area contributed by atoms with E-state index in [-0.39, 0.29) is 17.1 Å². The summed E-state index contributed by atoms with van der Waals surface area (Å²) in [6, 6.07) is 12.5. The van der Waals surface area contributed by atoms with Gasteiger partial charge in [0.2, 0.25) is 0 Å². The number of tetrazole rings is 1. The number of aryl methyl sites for hydroxylation is 1. The number of unbranched alkanes of at least 4 members (excludes halogenated alkanes) is 1. The van der Waals surface area contributed by atoms with Crippen LogP contribution in [0.2, 0.25) is 0 Å². The van der Waals surface area contributed by atoms with Crippen LogP contribution in [0, 0.1) is 5.41 Å². The highest BCUT2D eigenvalue weighted by atomic mass is 16.1. The minimum Gasteiger partial charge on any atom is -0.295 e. The minimum atomic E-state index is 0.108. The van der Waals surface area contributed by atoms with E-state index in [4.69, 9.17) is 0 Å². The molecule has 1 aliphatic carbocycles. The van der Waals surface area contributed by atoms with Crippen molar-refractivity contribution in [3.8, 4) is 22.5 Å². The highest BCUT2D eigenvalue weighted by molar-refractivity contribution is 5.70. The Morgan fingerprint density at radius 2 is 1.89 bits per heavy atom. The number of H-pyrrole nitrogens is 1. The molecule has 1 N–H and O–H groups in total. The molecule has 0 spiro atoms. The molecule has 0 bridgehead atoms. The molecule has 0 saturated heterocycles. The molecular weight excluding hydrogens is 462 g/mol. The molecule has 0 radical (unpaired) electrons. The summed E-state index contributed by atoms with van der Waals surface area (Å²) in [5, 5.41) is 14.2. The van der Waals surface area contributed by atoms with Crippen LogP contribution in [0.5, 0.6) is 0 Å². The number of hydrogen-bond donors (Lipinski definition) is 1. The fourth-order valence-electron chi connectivity index (χ4n) is 6.16. The van der Waals surface area contributed by atoms with Gasteiger partial charge in [-0.05, 0) is 83.7 Å². The molecule has 0 amide bonds. The lowest BCUT2D eigenvalue weighted by atomic mass is 9.77. The van der Waals surface area contributed by atoms with Gasteiger partial charge in [0.1, 0.15) is 0 Å². The molecule has 3 heterocycles. The van der Waals surface area contributed by atoms with Gasteiger partial charge in [-0.25, -0.2) is 9.89 Å². The zero-order valence-corrected chi connectivity index (χ0v) is 22.2. The van der Waals surface area contributed by atoms with E-state index in [9.17, 15) is 4.79 Å².